The van der Waals surface area contributed by atoms with Gasteiger partial charge >= 0.3 is 0 Å². The Morgan fingerprint density at radius 3 is 2.84 bits per heavy atom. The largest absolute Gasteiger partial charge is 0.384 e. The minimum atomic E-state index is 0.556. The Morgan fingerprint density at radius 1 is 1.21 bits per heavy atom. The fraction of sp³-hybridized carbons (Fsp3) is 0.200. The molecule has 0 saturated carbocycles. The zero-order chi connectivity index (χ0) is 13.2. The minimum Gasteiger partial charge on any atom is -0.384 e. The molecule has 0 bridgehead atoms. The molecule has 19 heavy (non-hydrogen) atoms. The first-order chi connectivity index (χ1) is 9.28. The van der Waals surface area contributed by atoms with Gasteiger partial charge in [-0.05, 0) is 29.8 Å². The number of pyridine rings is 1. The zero-order valence-corrected chi connectivity index (χ0v) is 10.9. The second kappa shape index (κ2) is 4.72. The van der Waals surface area contributed by atoms with Gasteiger partial charge in [0.05, 0.1) is 11.0 Å². The summed E-state index contributed by atoms with van der Waals surface area (Å²) in [7, 11) is 0. The Labute approximate surface area is 111 Å². The molecular weight excluding hydrogens is 236 g/mol. The smallest absolute Gasteiger partial charge is 0.123 e. The van der Waals surface area contributed by atoms with Crippen LogP contribution in [0.1, 0.15) is 18.3 Å². The van der Waals surface area contributed by atoms with Gasteiger partial charge < -0.3 is 10.3 Å². The van der Waals surface area contributed by atoms with Crippen LogP contribution in [0.25, 0.3) is 11.0 Å². The maximum Gasteiger partial charge on any atom is 0.123 e. The van der Waals surface area contributed by atoms with Crippen LogP contribution in [0.3, 0.4) is 0 Å². The first-order valence-corrected chi connectivity index (χ1v) is 6.42. The van der Waals surface area contributed by atoms with Gasteiger partial charge in [0.25, 0.3) is 0 Å². The molecule has 1 aromatic carbocycles. The highest BCUT2D eigenvalue weighted by atomic mass is 15.1. The lowest BCUT2D eigenvalue weighted by atomic mass is 10.2. The SMILES string of the molecule is CCc1nc2ccccc2n1Cc1ccnc(N)c1. The molecule has 0 saturated heterocycles. The lowest BCUT2D eigenvalue weighted by Gasteiger charge is -2.08. The molecule has 2 heterocycles. The van der Waals surface area contributed by atoms with Crippen LogP contribution in [0.2, 0.25) is 0 Å². The molecule has 0 radical (unpaired) electrons. The second-order valence-electron chi connectivity index (χ2n) is 4.55. The van der Waals surface area contributed by atoms with E-state index < -0.39 is 0 Å². The molecule has 96 valence electrons. The van der Waals surface area contributed by atoms with Gasteiger partial charge in [0.1, 0.15) is 11.6 Å². The molecule has 0 amide bonds. The van der Waals surface area contributed by atoms with Gasteiger partial charge in [-0.2, -0.15) is 0 Å². The maximum atomic E-state index is 5.73. The number of benzene rings is 1. The summed E-state index contributed by atoms with van der Waals surface area (Å²) in [6, 6.07) is 12.1. The summed E-state index contributed by atoms with van der Waals surface area (Å²) in [5.74, 6) is 1.65. The summed E-state index contributed by atoms with van der Waals surface area (Å²) >= 11 is 0. The predicted molar refractivity (Wildman–Crippen MR) is 76.9 cm³/mol. The second-order valence-corrected chi connectivity index (χ2v) is 4.55. The Kier molecular flexibility index (Phi) is 2.91. The third-order valence-corrected chi connectivity index (χ3v) is 3.24. The maximum absolute atomic E-state index is 5.73. The van der Waals surface area contributed by atoms with E-state index in [2.05, 4.69) is 27.5 Å². The summed E-state index contributed by atoms with van der Waals surface area (Å²) in [5.41, 5.74) is 9.08. The van der Waals surface area contributed by atoms with Crippen LogP contribution in [-0.4, -0.2) is 14.5 Å². The van der Waals surface area contributed by atoms with Crippen molar-refractivity contribution in [2.75, 3.05) is 5.73 Å². The average Bonchev–Trinajstić information content (AvgIpc) is 2.77. The average molecular weight is 252 g/mol. The van der Waals surface area contributed by atoms with Crippen LogP contribution in [0.15, 0.2) is 42.6 Å². The monoisotopic (exact) mass is 252 g/mol. The number of rotatable bonds is 3. The summed E-state index contributed by atoms with van der Waals surface area (Å²) in [5, 5.41) is 0. The molecule has 0 aliphatic carbocycles. The van der Waals surface area contributed by atoms with Gasteiger partial charge in [-0.25, -0.2) is 9.97 Å². The molecule has 0 unspecified atom stereocenters. The number of nitrogens with two attached hydrogens (primary N) is 1. The van der Waals surface area contributed by atoms with Crippen molar-refractivity contribution < 1.29 is 0 Å². The van der Waals surface area contributed by atoms with Crippen molar-refractivity contribution in [1.29, 1.82) is 0 Å². The van der Waals surface area contributed by atoms with Crippen LogP contribution in [-0.2, 0) is 13.0 Å². The number of para-hydroxylation sites is 2. The van der Waals surface area contributed by atoms with E-state index in [1.54, 1.807) is 6.20 Å². The molecule has 0 aliphatic heterocycles. The predicted octanol–water partition coefficient (Wildman–Crippen LogP) is 2.62. The van der Waals surface area contributed by atoms with Crippen molar-refractivity contribution in [2.24, 2.45) is 0 Å². The number of imidazole rings is 1. The van der Waals surface area contributed by atoms with Crippen LogP contribution in [0.5, 0.6) is 0 Å². The quantitative estimate of drug-likeness (QED) is 0.779. The normalized spacial score (nSPS) is 11.0. The standard InChI is InChI=1S/C15H16N4/c1-2-15-18-12-5-3-4-6-13(12)19(15)10-11-7-8-17-14(16)9-11/h3-9H,2,10H2,1H3,(H2,16,17). The number of nitrogen functional groups attached to an aromatic ring is 1. The van der Waals surface area contributed by atoms with Crippen molar-refractivity contribution in [2.45, 2.75) is 19.9 Å². The highest BCUT2D eigenvalue weighted by Gasteiger charge is 2.09. The molecule has 0 fully saturated rings. The molecular formula is C15H16N4. The lowest BCUT2D eigenvalue weighted by Crippen LogP contribution is -2.05. The van der Waals surface area contributed by atoms with E-state index in [1.807, 2.05) is 30.3 Å². The van der Waals surface area contributed by atoms with E-state index in [1.165, 1.54) is 0 Å². The van der Waals surface area contributed by atoms with Gasteiger partial charge in [0.2, 0.25) is 0 Å². The molecule has 4 nitrogen and oxygen atoms in total. The number of anilines is 1. The van der Waals surface area contributed by atoms with Gasteiger partial charge in [0.15, 0.2) is 0 Å². The van der Waals surface area contributed by atoms with Crippen molar-refractivity contribution in [3.63, 3.8) is 0 Å². The van der Waals surface area contributed by atoms with Crippen LogP contribution < -0.4 is 5.73 Å². The van der Waals surface area contributed by atoms with Crippen molar-refractivity contribution in [1.82, 2.24) is 14.5 Å². The van der Waals surface area contributed by atoms with Crippen molar-refractivity contribution in [3.05, 3.63) is 54.0 Å². The van der Waals surface area contributed by atoms with Gasteiger partial charge in [-0.1, -0.05) is 19.1 Å². The Bertz CT molecular complexity index is 715. The number of hydrogen-bond donors (Lipinski definition) is 1. The van der Waals surface area contributed by atoms with E-state index in [0.29, 0.717) is 5.82 Å². The van der Waals surface area contributed by atoms with Gasteiger partial charge in [-0.15, -0.1) is 0 Å². The van der Waals surface area contributed by atoms with Gasteiger partial charge in [0, 0.05) is 19.2 Å². The first-order valence-electron chi connectivity index (χ1n) is 6.42. The summed E-state index contributed by atoms with van der Waals surface area (Å²) in [6.07, 6.45) is 2.66. The summed E-state index contributed by atoms with van der Waals surface area (Å²) in [4.78, 5) is 8.69. The van der Waals surface area contributed by atoms with Crippen LogP contribution >= 0.6 is 0 Å². The number of fused-ring (bicyclic) bond motifs is 1. The lowest BCUT2D eigenvalue weighted by molar-refractivity contribution is 0.752. The van der Waals surface area contributed by atoms with Crippen LogP contribution in [0, 0.1) is 0 Å². The molecule has 0 atom stereocenters. The number of aromatic nitrogens is 3. The minimum absolute atomic E-state index is 0.556. The first kappa shape index (κ1) is 11.7. The molecule has 2 aromatic heterocycles. The molecule has 4 heteroatoms. The van der Waals surface area contributed by atoms with Crippen LogP contribution in [0.4, 0.5) is 5.82 Å². The van der Waals surface area contributed by atoms with E-state index >= 15 is 0 Å². The van der Waals surface area contributed by atoms with Crippen molar-refractivity contribution in [3.8, 4) is 0 Å². The number of hydrogen-bond acceptors (Lipinski definition) is 3. The van der Waals surface area contributed by atoms with Crippen molar-refractivity contribution >= 4 is 16.9 Å². The molecule has 3 aromatic rings. The highest BCUT2D eigenvalue weighted by molar-refractivity contribution is 5.76. The van der Waals surface area contributed by atoms with E-state index in [0.717, 1.165) is 35.4 Å². The fourth-order valence-corrected chi connectivity index (χ4v) is 2.35. The summed E-state index contributed by atoms with van der Waals surface area (Å²) < 4.78 is 2.24. The fourth-order valence-electron chi connectivity index (χ4n) is 2.35. The van der Waals surface area contributed by atoms with E-state index in [-0.39, 0.29) is 0 Å². The van der Waals surface area contributed by atoms with Gasteiger partial charge in [-0.3, -0.25) is 0 Å². The molecule has 2 N–H and O–H groups in total. The van der Waals surface area contributed by atoms with E-state index in [4.69, 9.17) is 5.73 Å². The van der Waals surface area contributed by atoms with E-state index in [9.17, 15) is 0 Å². The molecule has 0 aliphatic rings. The third kappa shape index (κ3) is 2.17. The third-order valence-electron chi connectivity index (χ3n) is 3.24. The number of aryl methyl sites for hydroxylation is 1. The highest BCUT2D eigenvalue weighted by Crippen LogP contribution is 2.18. The molecule has 0 spiro atoms. The topological polar surface area (TPSA) is 56.7 Å². The summed E-state index contributed by atoms with van der Waals surface area (Å²) in [6.45, 7) is 2.90. The molecule has 3 rings (SSSR count). The Hall–Kier alpha value is -2.36. The number of nitrogens with zero attached hydrogens (tertiary/aromatic N) is 3. The zero-order valence-electron chi connectivity index (χ0n) is 10.9. The Morgan fingerprint density at radius 2 is 2.05 bits per heavy atom. The Balaban J connectivity index is 2.08.